The number of fused-ring (bicyclic) bond motifs is 3. The Hall–Kier alpha value is -2.12. The predicted octanol–water partition coefficient (Wildman–Crippen LogP) is 3.56. The van der Waals surface area contributed by atoms with Crippen LogP contribution in [0.1, 0.15) is 59.9 Å². The predicted molar refractivity (Wildman–Crippen MR) is 118 cm³/mol. The van der Waals surface area contributed by atoms with Gasteiger partial charge in [0.05, 0.1) is 34.9 Å². The summed E-state index contributed by atoms with van der Waals surface area (Å²) in [7, 11) is 0. The summed E-state index contributed by atoms with van der Waals surface area (Å²) in [4.78, 5) is 7.24. The first-order valence-electron chi connectivity index (χ1n) is 10.6. The second kappa shape index (κ2) is 6.99. The molecule has 0 spiro atoms. The van der Waals surface area contributed by atoms with Crippen molar-refractivity contribution in [2.75, 3.05) is 18.8 Å². The van der Waals surface area contributed by atoms with Crippen LogP contribution in [0.2, 0.25) is 0 Å². The number of nitrogen functional groups attached to an aromatic ring is 1. The standard InChI is InChI=1S/C22H34N6O/c1-21(2,3)26-11-7-6-8-15(13-26)28-19-16-12-24-27(14-22(4,5)29)18(16)10-9-17(19)25-20(28)23/h9-10,12,15,29H,6-8,11,13-14H2,1-5H3,(H2,23,25)/t15-/m1/s1. The number of hydrogen-bond donors (Lipinski definition) is 2. The lowest BCUT2D eigenvalue weighted by Gasteiger charge is -2.37. The van der Waals surface area contributed by atoms with E-state index < -0.39 is 5.60 Å². The number of aliphatic hydroxyl groups is 1. The number of likely N-dealkylation sites (tertiary alicyclic amines) is 1. The number of rotatable bonds is 3. The van der Waals surface area contributed by atoms with Gasteiger partial charge in [0.2, 0.25) is 5.95 Å². The second-order valence-corrected chi connectivity index (χ2v) is 10.1. The van der Waals surface area contributed by atoms with Crippen molar-refractivity contribution < 1.29 is 5.11 Å². The Morgan fingerprint density at radius 3 is 2.62 bits per heavy atom. The zero-order valence-electron chi connectivity index (χ0n) is 18.3. The minimum Gasteiger partial charge on any atom is -0.389 e. The molecule has 0 aliphatic carbocycles. The average molecular weight is 399 g/mol. The van der Waals surface area contributed by atoms with Crippen LogP contribution in [0.15, 0.2) is 18.3 Å². The molecule has 7 heteroatoms. The van der Waals surface area contributed by atoms with Crippen LogP contribution in [0, 0.1) is 0 Å². The molecule has 1 atom stereocenters. The monoisotopic (exact) mass is 398 g/mol. The van der Waals surface area contributed by atoms with Gasteiger partial charge in [0.25, 0.3) is 0 Å². The fraction of sp³-hybridized carbons (Fsp3) is 0.636. The first kappa shape index (κ1) is 20.2. The Balaban J connectivity index is 1.83. The van der Waals surface area contributed by atoms with Crippen LogP contribution in [0.3, 0.4) is 0 Å². The van der Waals surface area contributed by atoms with Crippen molar-refractivity contribution in [1.29, 1.82) is 0 Å². The molecule has 0 radical (unpaired) electrons. The number of benzene rings is 1. The van der Waals surface area contributed by atoms with E-state index in [9.17, 15) is 5.11 Å². The highest BCUT2D eigenvalue weighted by atomic mass is 16.3. The molecular formula is C22H34N6O. The number of anilines is 1. The van der Waals surface area contributed by atoms with E-state index in [1.807, 2.05) is 23.0 Å². The first-order chi connectivity index (χ1) is 13.5. The van der Waals surface area contributed by atoms with Gasteiger partial charge >= 0.3 is 0 Å². The molecule has 4 rings (SSSR count). The van der Waals surface area contributed by atoms with E-state index >= 15 is 0 Å². The Morgan fingerprint density at radius 1 is 1.17 bits per heavy atom. The topological polar surface area (TPSA) is 85.1 Å². The summed E-state index contributed by atoms with van der Waals surface area (Å²) in [5.41, 5.74) is 8.72. The normalized spacial score (nSPS) is 19.9. The van der Waals surface area contributed by atoms with Crippen molar-refractivity contribution in [2.24, 2.45) is 0 Å². The highest BCUT2D eigenvalue weighted by Gasteiger charge is 2.29. The lowest BCUT2D eigenvalue weighted by atomic mass is 10.0. The van der Waals surface area contributed by atoms with Gasteiger partial charge in [-0.05, 0) is 66.1 Å². The largest absolute Gasteiger partial charge is 0.389 e. The van der Waals surface area contributed by atoms with E-state index in [2.05, 4.69) is 40.3 Å². The molecule has 7 nitrogen and oxygen atoms in total. The summed E-state index contributed by atoms with van der Waals surface area (Å²) in [6.07, 6.45) is 5.37. The number of hydrogen-bond acceptors (Lipinski definition) is 5. The van der Waals surface area contributed by atoms with Gasteiger partial charge in [-0.1, -0.05) is 6.42 Å². The van der Waals surface area contributed by atoms with Gasteiger partial charge in [0, 0.05) is 23.5 Å². The summed E-state index contributed by atoms with van der Waals surface area (Å²) < 4.78 is 4.11. The Kier molecular flexibility index (Phi) is 4.86. The van der Waals surface area contributed by atoms with E-state index in [1.54, 1.807) is 13.8 Å². The second-order valence-electron chi connectivity index (χ2n) is 10.1. The quantitative estimate of drug-likeness (QED) is 0.705. The van der Waals surface area contributed by atoms with Crippen LogP contribution in [-0.2, 0) is 6.54 Å². The molecule has 2 aromatic heterocycles. The Bertz CT molecular complexity index is 1020. The third-order valence-corrected chi connectivity index (χ3v) is 6.00. The number of nitrogens with two attached hydrogens (primary N) is 1. The molecule has 1 aliphatic heterocycles. The van der Waals surface area contributed by atoms with Gasteiger partial charge in [0.1, 0.15) is 0 Å². The third kappa shape index (κ3) is 3.85. The van der Waals surface area contributed by atoms with Crippen molar-refractivity contribution in [3.8, 4) is 0 Å². The lowest BCUT2D eigenvalue weighted by molar-refractivity contribution is 0.0591. The smallest absolute Gasteiger partial charge is 0.201 e. The highest BCUT2D eigenvalue weighted by molar-refractivity contribution is 6.03. The zero-order valence-corrected chi connectivity index (χ0v) is 18.3. The van der Waals surface area contributed by atoms with Crippen molar-refractivity contribution in [3.63, 3.8) is 0 Å². The van der Waals surface area contributed by atoms with Crippen LogP contribution in [0.4, 0.5) is 5.95 Å². The Morgan fingerprint density at radius 2 is 1.93 bits per heavy atom. The zero-order chi connectivity index (χ0) is 21.0. The molecule has 3 aromatic rings. The van der Waals surface area contributed by atoms with Gasteiger partial charge in [-0.3, -0.25) is 9.58 Å². The molecule has 3 heterocycles. The summed E-state index contributed by atoms with van der Waals surface area (Å²) in [5.74, 6) is 0.573. The Labute approximate surface area is 172 Å². The van der Waals surface area contributed by atoms with Crippen LogP contribution >= 0.6 is 0 Å². The summed E-state index contributed by atoms with van der Waals surface area (Å²) in [6, 6.07) is 4.33. The van der Waals surface area contributed by atoms with Gasteiger partial charge < -0.3 is 15.4 Å². The van der Waals surface area contributed by atoms with Gasteiger partial charge in [-0.15, -0.1) is 0 Å². The minimum absolute atomic E-state index is 0.126. The molecule has 29 heavy (non-hydrogen) atoms. The van der Waals surface area contributed by atoms with E-state index in [0.29, 0.717) is 12.5 Å². The molecular weight excluding hydrogens is 364 g/mol. The minimum atomic E-state index is -0.832. The molecule has 1 aliphatic rings. The number of aromatic nitrogens is 4. The molecule has 158 valence electrons. The van der Waals surface area contributed by atoms with E-state index in [-0.39, 0.29) is 11.6 Å². The van der Waals surface area contributed by atoms with Gasteiger partial charge in [-0.25, -0.2) is 4.98 Å². The lowest BCUT2D eigenvalue weighted by Crippen LogP contribution is -2.44. The maximum absolute atomic E-state index is 10.3. The summed E-state index contributed by atoms with van der Waals surface area (Å²) in [6.45, 7) is 13.0. The molecule has 0 saturated carbocycles. The maximum atomic E-state index is 10.3. The van der Waals surface area contributed by atoms with Crippen molar-refractivity contribution in [2.45, 2.75) is 77.6 Å². The summed E-state index contributed by atoms with van der Waals surface area (Å²) >= 11 is 0. The van der Waals surface area contributed by atoms with Crippen molar-refractivity contribution in [1.82, 2.24) is 24.2 Å². The van der Waals surface area contributed by atoms with Gasteiger partial charge in [0.15, 0.2) is 0 Å². The number of imidazole rings is 1. The SMILES string of the molecule is CC(C)(O)Cn1ncc2c1ccc1nc(N)n([C@@H]3CCCCN(C(C)(C)C)C3)c12. The third-order valence-electron chi connectivity index (χ3n) is 6.00. The van der Waals surface area contributed by atoms with Crippen LogP contribution in [0.5, 0.6) is 0 Å². The molecule has 0 bridgehead atoms. The van der Waals surface area contributed by atoms with Gasteiger partial charge in [-0.2, -0.15) is 5.10 Å². The fourth-order valence-electron chi connectivity index (χ4n) is 4.56. The molecule has 1 fully saturated rings. The van der Waals surface area contributed by atoms with Crippen LogP contribution in [0.25, 0.3) is 21.9 Å². The molecule has 3 N–H and O–H groups in total. The maximum Gasteiger partial charge on any atom is 0.201 e. The molecule has 0 amide bonds. The first-order valence-corrected chi connectivity index (χ1v) is 10.6. The number of nitrogens with zero attached hydrogens (tertiary/aromatic N) is 5. The molecule has 1 saturated heterocycles. The van der Waals surface area contributed by atoms with E-state index in [4.69, 9.17) is 5.73 Å². The van der Waals surface area contributed by atoms with Crippen LogP contribution in [-0.4, -0.2) is 53.6 Å². The van der Waals surface area contributed by atoms with Crippen molar-refractivity contribution in [3.05, 3.63) is 18.3 Å². The van der Waals surface area contributed by atoms with Crippen molar-refractivity contribution >= 4 is 27.9 Å². The average Bonchev–Trinajstić information content (AvgIpc) is 3.02. The molecule has 1 aromatic carbocycles. The fourth-order valence-corrected chi connectivity index (χ4v) is 4.56. The van der Waals surface area contributed by atoms with E-state index in [0.717, 1.165) is 41.4 Å². The summed E-state index contributed by atoms with van der Waals surface area (Å²) in [5, 5.41) is 15.9. The van der Waals surface area contributed by atoms with Crippen LogP contribution < -0.4 is 5.73 Å². The van der Waals surface area contributed by atoms with E-state index in [1.165, 1.54) is 12.8 Å². The molecule has 0 unspecified atom stereocenters. The highest BCUT2D eigenvalue weighted by Crippen LogP contribution is 2.34.